The molecule has 2 N–H and O–H groups in total. The van der Waals surface area contributed by atoms with E-state index in [-0.39, 0.29) is 17.4 Å². The highest BCUT2D eigenvalue weighted by molar-refractivity contribution is 5.09. The number of aliphatic hydroxyl groups is 2. The van der Waals surface area contributed by atoms with E-state index >= 15 is 0 Å². The predicted molar refractivity (Wildman–Crippen MR) is 69.6 cm³/mol. The van der Waals surface area contributed by atoms with E-state index in [1.165, 1.54) is 5.57 Å². The third-order valence-electron chi connectivity index (χ3n) is 5.48. The molecule has 98 valence electrons. The molecule has 2 aliphatic carbocycles. The molecule has 2 rings (SSSR count). The van der Waals surface area contributed by atoms with E-state index in [9.17, 15) is 10.2 Å². The largest absolute Gasteiger partial charge is 0.393 e. The molecular formula is C15H26O2. The Morgan fingerprint density at radius 3 is 2.47 bits per heavy atom. The molecule has 0 bridgehead atoms. The van der Waals surface area contributed by atoms with Crippen molar-refractivity contribution in [1.82, 2.24) is 0 Å². The predicted octanol–water partition coefficient (Wildman–Crippen LogP) is 2.89. The van der Waals surface area contributed by atoms with Crippen LogP contribution in [0.1, 0.15) is 52.9 Å². The molecule has 0 amide bonds. The van der Waals surface area contributed by atoms with E-state index in [1.54, 1.807) is 0 Å². The van der Waals surface area contributed by atoms with Gasteiger partial charge in [0.05, 0.1) is 11.7 Å². The van der Waals surface area contributed by atoms with Crippen molar-refractivity contribution in [3.63, 3.8) is 0 Å². The maximum Gasteiger partial charge on any atom is 0.0655 e. The van der Waals surface area contributed by atoms with E-state index in [0.717, 1.165) is 32.1 Å². The van der Waals surface area contributed by atoms with Crippen LogP contribution in [0.25, 0.3) is 0 Å². The summed E-state index contributed by atoms with van der Waals surface area (Å²) in [6, 6.07) is 0. The van der Waals surface area contributed by atoms with Crippen LogP contribution in [-0.4, -0.2) is 21.9 Å². The monoisotopic (exact) mass is 244 g/mol. The summed E-state index contributed by atoms with van der Waals surface area (Å²) in [6.07, 6.45) is 4.30. The summed E-state index contributed by atoms with van der Waals surface area (Å²) in [4.78, 5) is 0. The van der Waals surface area contributed by atoms with Crippen LogP contribution in [0.3, 0.4) is 0 Å². The first-order chi connectivity index (χ1) is 7.77. The summed E-state index contributed by atoms with van der Waals surface area (Å²) in [6.45, 7) is 10.3. The van der Waals surface area contributed by atoms with Crippen molar-refractivity contribution in [3.8, 4) is 0 Å². The van der Waals surface area contributed by atoms with E-state index in [4.69, 9.17) is 0 Å². The van der Waals surface area contributed by atoms with Gasteiger partial charge in [-0.05, 0) is 63.2 Å². The van der Waals surface area contributed by atoms with Crippen LogP contribution in [0.2, 0.25) is 0 Å². The first kappa shape index (κ1) is 13.1. The summed E-state index contributed by atoms with van der Waals surface area (Å²) in [5.74, 6) is 0.721. The summed E-state index contributed by atoms with van der Waals surface area (Å²) >= 11 is 0. The highest BCUT2D eigenvalue weighted by Gasteiger charge is 2.54. The number of rotatable bonds is 1. The molecule has 0 radical (unpaired) electrons. The fraction of sp³-hybridized carbons (Fsp3) is 0.867. The van der Waals surface area contributed by atoms with Gasteiger partial charge in [-0.1, -0.05) is 19.1 Å². The average molecular weight is 244 g/mol. The number of hydrogen-bond acceptors (Lipinski definition) is 2. The van der Waals surface area contributed by atoms with E-state index in [0.29, 0.717) is 5.92 Å². The lowest BCUT2D eigenvalue weighted by Crippen LogP contribution is -2.57. The Labute approximate surface area is 105 Å². The zero-order chi connectivity index (χ0) is 12.8. The van der Waals surface area contributed by atoms with Crippen molar-refractivity contribution in [2.45, 2.75) is 64.6 Å². The van der Waals surface area contributed by atoms with Crippen molar-refractivity contribution in [1.29, 1.82) is 0 Å². The number of hydrogen-bond donors (Lipinski definition) is 2. The second kappa shape index (κ2) is 4.10. The Hall–Kier alpha value is -0.340. The quantitative estimate of drug-likeness (QED) is 0.550. The molecule has 5 atom stereocenters. The van der Waals surface area contributed by atoms with Gasteiger partial charge in [-0.2, -0.15) is 0 Å². The van der Waals surface area contributed by atoms with Gasteiger partial charge >= 0.3 is 0 Å². The molecule has 0 aromatic heterocycles. The zero-order valence-electron chi connectivity index (χ0n) is 11.4. The molecule has 0 saturated heterocycles. The SMILES string of the molecule is C=C([13CH3])[C@@H]1[13CH2]C[C@]2([13CH3])C([13CH2]1)[C@]([13CH3])(O)C[13CH2][C@H]2O. The number of allylic oxidation sites excluding steroid dienone is 1. The lowest BCUT2D eigenvalue weighted by Gasteiger charge is -2.56. The smallest absolute Gasteiger partial charge is 0.0655 e. The first-order valence-corrected chi connectivity index (χ1v) is 6.83. The first-order valence-electron chi connectivity index (χ1n) is 6.83. The van der Waals surface area contributed by atoms with E-state index in [2.05, 4.69) is 20.4 Å². The Balaban J connectivity index is 2.27. The molecule has 2 heteroatoms. The molecule has 0 heterocycles. The fourth-order valence-corrected chi connectivity index (χ4v) is 4.07. The third kappa shape index (κ3) is 2.06. The lowest BCUT2D eigenvalue weighted by atomic mass is 9.68. The van der Waals surface area contributed by atoms with Gasteiger partial charge in [0.2, 0.25) is 0 Å². The minimum Gasteiger partial charge on any atom is -0.393 e. The molecule has 0 aromatic carbocycles. The summed E-state index contributed by atoms with van der Waals surface area (Å²) in [5.41, 5.74) is 0.499. The van der Waals surface area contributed by atoms with Crippen LogP contribution in [0.4, 0.5) is 0 Å². The highest BCUT2D eigenvalue weighted by Crippen LogP contribution is 2.56. The van der Waals surface area contributed by atoms with E-state index < -0.39 is 5.60 Å². The van der Waals surface area contributed by atoms with Crippen LogP contribution < -0.4 is 0 Å². The maximum atomic E-state index is 10.6. The van der Waals surface area contributed by atoms with Crippen molar-refractivity contribution in [2.24, 2.45) is 17.3 Å². The molecule has 0 spiro atoms. The number of aliphatic hydroxyl groups excluding tert-OH is 1. The normalized spacial score (nSPS) is 50.8. The molecule has 2 saturated carbocycles. The molecule has 0 aromatic rings. The minimum atomic E-state index is -0.623. The van der Waals surface area contributed by atoms with Crippen molar-refractivity contribution < 1.29 is 10.2 Å². The van der Waals surface area contributed by atoms with Crippen LogP contribution in [0, 0.1) is 17.3 Å². The van der Waals surface area contributed by atoms with E-state index in [1.807, 2.05) is 6.92 Å². The Kier molecular flexibility index (Phi) is 3.16. The van der Waals surface area contributed by atoms with Crippen molar-refractivity contribution in [2.75, 3.05) is 0 Å². The maximum absolute atomic E-state index is 10.6. The second-order valence-electron chi connectivity index (χ2n) is 6.79. The van der Waals surface area contributed by atoms with Gasteiger partial charge in [0.1, 0.15) is 0 Å². The van der Waals surface area contributed by atoms with Gasteiger partial charge in [-0.3, -0.25) is 0 Å². The van der Waals surface area contributed by atoms with Crippen LogP contribution in [-0.2, 0) is 0 Å². The lowest BCUT2D eigenvalue weighted by molar-refractivity contribution is -0.171. The highest BCUT2D eigenvalue weighted by atomic mass is 16.3. The number of fused-ring (bicyclic) bond motifs is 1. The Bertz CT molecular complexity index is 321. The molecular weight excluding hydrogens is 218 g/mol. The molecule has 2 aliphatic rings. The average Bonchev–Trinajstić information content (AvgIpc) is 2.24. The van der Waals surface area contributed by atoms with Crippen LogP contribution >= 0.6 is 0 Å². The third-order valence-corrected chi connectivity index (χ3v) is 5.48. The van der Waals surface area contributed by atoms with Gasteiger partial charge in [0, 0.05) is 0 Å². The van der Waals surface area contributed by atoms with Crippen LogP contribution in [0.15, 0.2) is 12.2 Å². The summed E-state index contributed by atoms with van der Waals surface area (Å²) < 4.78 is 0. The Morgan fingerprint density at radius 1 is 1.24 bits per heavy atom. The molecule has 2 nitrogen and oxygen atoms in total. The molecule has 1 unspecified atom stereocenters. The minimum absolute atomic E-state index is 0.103. The van der Waals surface area contributed by atoms with Gasteiger partial charge in [-0.15, -0.1) is 0 Å². The van der Waals surface area contributed by atoms with Gasteiger partial charge < -0.3 is 10.2 Å². The second-order valence-corrected chi connectivity index (χ2v) is 6.79. The zero-order valence-corrected chi connectivity index (χ0v) is 11.4. The Morgan fingerprint density at radius 2 is 1.88 bits per heavy atom. The molecule has 2 fully saturated rings. The molecule has 0 aliphatic heterocycles. The van der Waals surface area contributed by atoms with Crippen molar-refractivity contribution >= 4 is 0 Å². The fourth-order valence-electron chi connectivity index (χ4n) is 4.07. The van der Waals surface area contributed by atoms with Gasteiger partial charge in [0.15, 0.2) is 0 Å². The van der Waals surface area contributed by atoms with Crippen molar-refractivity contribution in [3.05, 3.63) is 12.2 Å². The van der Waals surface area contributed by atoms with Crippen LogP contribution in [0.5, 0.6) is 0 Å². The summed E-state index contributed by atoms with van der Waals surface area (Å²) in [5, 5.41) is 20.9. The molecule has 17 heavy (non-hydrogen) atoms. The van der Waals surface area contributed by atoms with Gasteiger partial charge in [0.25, 0.3) is 0 Å². The van der Waals surface area contributed by atoms with Gasteiger partial charge in [-0.25, -0.2) is 0 Å². The summed E-state index contributed by atoms with van der Waals surface area (Å²) in [7, 11) is 0. The topological polar surface area (TPSA) is 40.5 Å². The standard InChI is InChI=1S/C15H26O2/c1-10(2)11-5-7-14(3)12(9-11)15(4,17)8-6-13(14)16/h11-13,16-17H,1,5-9H2,2-4H3/t11-,12?,13-,14-,15-/m1/s1/i2+1,3+1,4+1,5+1,6+1,9+1.